The SMILES string of the molecule is C=CCNC(=O)c1ccccc1NC(=O)[C@H](CC)Oc1ccccc1F. The van der Waals surface area contributed by atoms with E-state index in [2.05, 4.69) is 17.2 Å². The first-order valence-electron chi connectivity index (χ1n) is 8.27. The second-order valence-electron chi connectivity index (χ2n) is 5.48. The summed E-state index contributed by atoms with van der Waals surface area (Å²) in [6.07, 6.45) is 1.01. The molecule has 0 saturated heterocycles. The number of anilines is 1. The summed E-state index contributed by atoms with van der Waals surface area (Å²) in [4.78, 5) is 24.7. The van der Waals surface area contributed by atoms with E-state index in [9.17, 15) is 14.0 Å². The Kier molecular flexibility index (Phi) is 6.91. The Balaban J connectivity index is 2.14. The molecule has 0 aliphatic carbocycles. The number of ether oxygens (including phenoxy) is 1. The Bertz CT molecular complexity index is 792. The molecule has 0 heterocycles. The van der Waals surface area contributed by atoms with Gasteiger partial charge < -0.3 is 15.4 Å². The predicted octanol–water partition coefficient (Wildman–Crippen LogP) is 3.54. The van der Waals surface area contributed by atoms with Gasteiger partial charge in [-0.25, -0.2) is 4.39 Å². The topological polar surface area (TPSA) is 67.4 Å². The molecule has 136 valence electrons. The van der Waals surface area contributed by atoms with Gasteiger partial charge in [0, 0.05) is 6.54 Å². The van der Waals surface area contributed by atoms with E-state index in [-0.39, 0.29) is 11.7 Å². The molecule has 0 spiro atoms. The largest absolute Gasteiger partial charge is 0.478 e. The number of benzene rings is 2. The standard InChI is InChI=1S/C20H21FN2O3/c1-3-13-22-19(24)14-9-5-7-11-16(14)23-20(25)17(4-2)26-18-12-8-6-10-15(18)21/h3,5-12,17H,1,4,13H2,2H3,(H,22,24)(H,23,25)/t17-/m0/s1. The van der Waals surface area contributed by atoms with Crippen molar-refractivity contribution in [2.24, 2.45) is 0 Å². The van der Waals surface area contributed by atoms with E-state index in [0.29, 0.717) is 24.2 Å². The third-order valence-electron chi connectivity index (χ3n) is 3.61. The minimum absolute atomic E-state index is 0.00603. The quantitative estimate of drug-likeness (QED) is 0.711. The zero-order valence-corrected chi connectivity index (χ0v) is 14.5. The molecule has 2 aromatic rings. The van der Waals surface area contributed by atoms with Crippen LogP contribution in [-0.2, 0) is 4.79 Å². The summed E-state index contributed by atoms with van der Waals surface area (Å²) in [5, 5.41) is 5.35. The maximum absolute atomic E-state index is 13.7. The number of amides is 2. The highest BCUT2D eigenvalue weighted by molar-refractivity contribution is 6.04. The van der Waals surface area contributed by atoms with Crippen LogP contribution in [0.2, 0.25) is 0 Å². The van der Waals surface area contributed by atoms with Crippen LogP contribution < -0.4 is 15.4 Å². The van der Waals surface area contributed by atoms with E-state index >= 15 is 0 Å². The van der Waals surface area contributed by atoms with Crippen molar-refractivity contribution in [2.75, 3.05) is 11.9 Å². The van der Waals surface area contributed by atoms with Crippen molar-refractivity contribution in [3.05, 3.63) is 72.6 Å². The van der Waals surface area contributed by atoms with E-state index in [4.69, 9.17) is 4.74 Å². The number of rotatable bonds is 8. The fourth-order valence-electron chi connectivity index (χ4n) is 2.28. The molecule has 0 bridgehead atoms. The van der Waals surface area contributed by atoms with E-state index in [1.165, 1.54) is 12.1 Å². The lowest BCUT2D eigenvalue weighted by molar-refractivity contribution is -0.122. The summed E-state index contributed by atoms with van der Waals surface area (Å²) < 4.78 is 19.2. The van der Waals surface area contributed by atoms with Gasteiger partial charge in [0.05, 0.1) is 11.3 Å². The second-order valence-corrected chi connectivity index (χ2v) is 5.48. The van der Waals surface area contributed by atoms with Crippen LogP contribution in [0.3, 0.4) is 0 Å². The van der Waals surface area contributed by atoms with Crippen LogP contribution in [0.15, 0.2) is 61.2 Å². The number of hydrogen-bond acceptors (Lipinski definition) is 3. The summed E-state index contributed by atoms with van der Waals surface area (Å²) >= 11 is 0. The predicted molar refractivity (Wildman–Crippen MR) is 98.7 cm³/mol. The lowest BCUT2D eigenvalue weighted by Crippen LogP contribution is -2.33. The summed E-state index contributed by atoms with van der Waals surface area (Å²) in [5.74, 6) is -1.32. The van der Waals surface area contributed by atoms with E-state index < -0.39 is 17.8 Å². The highest BCUT2D eigenvalue weighted by Gasteiger charge is 2.21. The Morgan fingerprint density at radius 1 is 1.19 bits per heavy atom. The minimum Gasteiger partial charge on any atom is -0.478 e. The third-order valence-corrected chi connectivity index (χ3v) is 3.61. The van der Waals surface area contributed by atoms with Crippen molar-refractivity contribution in [1.29, 1.82) is 0 Å². The molecule has 2 rings (SSSR count). The molecule has 0 unspecified atom stereocenters. The van der Waals surface area contributed by atoms with Gasteiger partial charge in [0.25, 0.3) is 11.8 Å². The Labute approximate surface area is 151 Å². The summed E-state index contributed by atoms with van der Waals surface area (Å²) in [7, 11) is 0. The van der Waals surface area contributed by atoms with Gasteiger partial charge in [0.1, 0.15) is 0 Å². The van der Waals surface area contributed by atoms with Crippen molar-refractivity contribution in [1.82, 2.24) is 5.32 Å². The van der Waals surface area contributed by atoms with Crippen molar-refractivity contribution in [2.45, 2.75) is 19.4 Å². The van der Waals surface area contributed by atoms with Crippen LogP contribution in [0, 0.1) is 5.82 Å². The Morgan fingerprint density at radius 3 is 2.58 bits per heavy atom. The molecule has 0 saturated carbocycles. The van der Waals surface area contributed by atoms with Crippen LogP contribution >= 0.6 is 0 Å². The van der Waals surface area contributed by atoms with Gasteiger partial charge in [-0.2, -0.15) is 0 Å². The average Bonchev–Trinajstić information content (AvgIpc) is 2.65. The third kappa shape index (κ3) is 4.92. The molecule has 0 aliphatic heterocycles. The molecule has 2 amide bonds. The molecule has 6 heteroatoms. The van der Waals surface area contributed by atoms with Gasteiger partial charge in [0.15, 0.2) is 17.7 Å². The molecule has 26 heavy (non-hydrogen) atoms. The molecule has 0 fully saturated rings. The number of carbonyl (C=O) groups excluding carboxylic acids is 2. The first kappa shape index (κ1) is 19.2. The van der Waals surface area contributed by atoms with E-state index in [1.807, 2.05) is 0 Å². The highest BCUT2D eigenvalue weighted by atomic mass is 19.1. The maximum Gasteiger partial charge on any atom is 0.265 e. The van der Waals surface area contributed by atoms with Crippen LogP contribution in [0.4, 0.5) is 10.1 Å². The van der Waals surface area contributed by atoms with Crippen LogP contribution in [0.5, 0.6) is 5.75 Å². The molecule has 1 atom stereocenters. The molecule has 2 N–H and O–H groups in total. The first-order chi connectivity index (χ1) is 12.6. The molecule has 5 nitrogen and oxygen atoms in total. The van der Waals surface area contributed by atoms with Gasteiger partial charge in [-0.05, 0) is 30.7 Å². The molecule has 0 aliphatic rings. The lowest BCUT2D eigenvalue weighted by atomic mass is 10.1. The van der Waals surface area contributed by atoms with Crippen LogP contribution in [-0.4, -0.2) is 24.5 Å². The van der Waals surface area contributed by atoms with E-state index in [1.54, 1.807) is 49.4 Å². The maximum atomic E-state index is 13.7. The zero-order chi connectivity index (χ0) is 18.9. The van der Waals surface area contributed by atoms with Gasteiger partial charge in [-0.1, -0.05) is 37.3 Å². The molecular formula is C20H21FN2O3. The second kappa shape index (κ2) is 9.36. The molecule has 0 aromatic heterocycles. The number of halogens is 1. The zero-order valence-electron chi connectivity index (χ0n) is 14.5. The number of hydrogen-bond donors (Lipinski definition) is 2. The average molecular weight is 356 g/mol. The van der Waals surface area contributed by atoms with Gasteiger partial charge in [-0.3, -0.25) is 9.59 Å². The highest BCUT2D eigenvalue weighted by Crippen LogP contribution is 2.20. The smallest absolute Gasteiger partial charge is 0.265 e. The number of nitrogens with one attached hydrogen (secondary N) is 2. The summed E-state index contributed by atoms with van der Waals surface area (Å²) in [6, 6.07) is 12.5. The fourth-order valence-corrected chi connectivity index (χ4v) is 2.28. The monoisotopic (exact) mass is 356 g/mol. The fraction of sp³-hybridized carbons (Fsp3) is 0.200. The van der Waals surface area contributed by atoms with Crippen molar-refractivity contribution in [3.8, 4) is 5.75 Å². The van der Waals surface area contributed by atoms with Crippen LogP contribution in [0.1, 0.15) is 23.7 Å². The van der Waals surface area contributed by atoms with Crippen molar-refractivity contribution < 1.29 is 18.7 Å². The molecule has 2 aromatic carbocycles. The van der Waals surface area contributed by atoms with Gasteiger partial charge >= 0.3 is 0 Å². The van der Waals surface area contributed by atoms with Crippen molar-refractivity contribution in [3.63, 3.8) is 0 Å². The van der Waals surface area contributed by atoms with E-state index in [0.717, 1.165) is 0 Å². The Morgan fingerprint density at radius 2 is 1.88 bits per heavy atom. The Hall–Kier alpha value is -3.15. The minimum atomic E-state index is -0.892. The normalized spacial score (nSPS) is 11.3. The number of carbonyl (C=O) groups is 2. The summed E-state index contributed by atoms with van der Waals surface area (Å²) in [5.41, 5.74) is 0.679. The lowest BCUT2D eigenvalue weighted by Gasteiger charge is -2.18. The van der Waals surface area contributed by atoms with Crippen molar-refractivity contribution >= 4 is 17.5 Å². The van der Waals surface area contributed by atoms with Crippen LogP contribution in [0.25, 0.3) is 0 Å². The molecular weight excluding hydrogens is 335 g/mol. The van der Waals surface area contributed by atoms with Gasteiger partial charge in [0.2, 0.25) is 0 Å². The molecule has 0 radical (unpaired) electrons. The summed E-state index contributed by atoms with van der Waals surface area (Å²) in [6.45, 7) is 5.62. The van der Waals surface area contributed by atoms with Gasteiger partial charge in [-0.15, -0.1) is 6.58 Å². The number of para-hydroxylation sites is 2. The first-order valence-corrected chi connectivity index (χ1v) is 8.27.